The fraction of sp³-hybridized carbons (Fsp3) is 0.692. The lowest BCUT2D eigenvalue weighted by atomic mass is 10.1. The van der Waals surface area contributed by atoms with E-state index >= 15 is 0 Å². The number of ether oxygens (including phenoxy) is 1. The Bertz CT molecular complexity index is 239. The quantitative estimate of drug-likeness (QED) is 0.703. The maximum absolute atomic E-state index is 5.72. The molecule has 0 radical (unpaired) electrons. The summed E-state index contributed by atoms with van der Waals surface area (Å²) in [5.41, 5.74) is 0. The lowest BCUT2D eigenvalue weighted by Gasteiger charge is -2.26. The van der Waals surface area contributed by atoms with Crippen LogP contribution >= 0.6 is 0 Å². The van der Waals surface area contributed by atoms with E-state index in [9.17, 15) is 0 Å². The third-order valence-corrected chi connectivity index (χ3v) is 3.09. The molecule has 84 valence electrons. The summed E-state index contributed by atoms with van der Waals surface area (Å²) in [5.74, 6) is 1.07. The van der Waals surface area contributed by atoms with Gasteiger partial charge in [0.1, 0.15) is 12.4 Å². The summed E-state index contributed by atoms with van der Waals surface area (Å²) in [6.07, 6.45) is 12.9. The highest BCUT2D eigenvalue weighted by Gasteiger charge is 2.09. The van der Waals surface area contributed by atoms with Crippen molar-refractivity contribution >= 4 is 0 Å². The van der Waals surface area contributed by atoms with Crippen molar-refractivity contribution in [2.45, 2.75) is 32.1 Å². The topological polar surface area (TPSA) is 12.5 Å². The van der Waals surface area contributed by atoms with Gasteiger partial charge in [0, 0.05) is 6.54 Å². The Labute approximate surface area is 92.6 Å². The van der Waals surface area contributed by atoms with Crippen LogP contribution in [-0.4, -0.2) is 31.1 Å². The standard InChI is InChI=1S/C13H21NO/c1-3-7-13(8-4-1)15-12-11-14-9-5-2-6-10-14/h3,7-8H,1-2,4-6,9-12H2. The monoisotopic (exact) mass is 207 g/mol. The van der Waals surface area contributed by atoms with Crippen molar-refractivity contribution in [2.24, 2.45) is 0 Å². The fourth-order valence-electron chi connectivity index (χ4n) is 2.17. The van der Waals surface area contributed by atoms with E-state index in [1.165, 1.54) is 38.8 Å². The van der Waals surface area contributed by atoms with Gasteiger partial charge in [-0.25, -0.2) is 0 Å². The lowest BCUT2D eigenvalue weighted by molar-refractivity contribution is 0.148. The molecule has 0 N–H and O–H groups in total. The number of allylic oxidation sites excluding steroid dienone is 3. The third kappa shape index (κ3) is 3.71. The number of likely N-dealkylation sites (tertiary alicyclic amines) is 1. The Morgan fingerprint density at radius 2 is 2.00 bits per heavy atom. The van der Waals surface area contributed by atoms with Gasteiger partial charge in [-0.05, 0) is 50.9 Å². The zero-order chi connectivity index (χ0) is 10.3. The number of rotatable bonds is 4. The first kappa shape index (κ1) is 10.7. The van der Waals surface area contributed by atoms with E-state index in [0.29, 0.717) is 0 Å². The summed E-state index contributed by atoms with van der Waals surface area (Å²) in [6, 6.07) is 0. The molecule has 2 rings (SSSR count). The van der Waals surface area contributed by atoms with Crippen LogP contribution in [0.25, 0.3) is 0 Å². The normalized spacial score (nSPS) is 22.5. The molecular formula is C13H21NO. The van der Waals surface area contributed by atoms with Gasteiger partial charge in [0.15, 0.2) is 0 Å². The summed E-state index contributed by atoms with van der Waals surface area (Å²) in [4.78, 5) is 2.51. The van der Waals surface area contributed by atoms with Crippen molar-refractivity contribution in [1.82, 2.24) is 4.90 Å². The van der Waals surface area contributed by atoms with Gasteiger partial charge in [-0.15, -0.1) is 0 Å². The van der Waals surface area contributed by atoms with Gasteiger partial charge >= 0.3 is 0 Å². The minimum atomic E-state index is 0.843. The van der Waals surface area contributed by atoms with Crippen LogP contribution in [0.3, 0.4) is 0 Å². The Kier molecular flexibility index (Phi) is 4.27. The maximum atomic E-state index is 5.72. The van der Waals surface area contributed by atoms with Gasteiger partial charge in [0.05, 0.1) is 0 Å². The minimum Gasteiger partial charge on any atom is -0.493 e. The molecule has 2 aliphatic rings. The Morgan fingerprint density at radius 3 is 2.73 bits per heavy atom. The molecule has 15 heavy (non-hydrogen) atoms. The van der Waals surface area contributed by atoms with Crippen LogP contribution in [0, 0.1) is 0 Å². The average Bonchev–Trinajstić information content (AvgIpc) is 2.32. The highest BCUT2D eigenvalue weighted by molar-refractivity contribution is 5.15. The minimum absolute atomic E-state index is 0.843. The van der Waals surface area contributed by atoms with Crippen molar-refractivity contribution in [3.63, 3.8) is 0 Å². The van der Waals surface area contributed by atoms with Crippen molar-refractivity contribution in [3.05, 3.63) is 24.0 Å². The van der Waals surface area contributed by atoms with Crippen LogP contribution in [0.5, 0.6) is 0 Å². The molecule has 0 spiro atoms. The Hall–Kier alpha value is -0.760. The van der Waals surface area contributed by atoms with Crippen LogP contribution in [0.2, 0.25) is 0 Å². The Balaban J connectivity index is 1.61. The molecule has 0 amide bonds. The van der Waals surface area contributed by atoms with E-state index in [1.807, 2.05) is 0 Å². The molecule has 1 aliphatic heterocycles. The van der Waals surface area contributed by atoms with Gasteiger partial charge in [-0.3, -0.25) is 4.90 Å². The molecular weight excluding hydrogens is 186 g/mol. The van der Waals surface area contributed by atoms with E-state index in [-0.39, 0.29) is 0 Å². The van der Waals surface area contributed by atoms with Crippen molar-refractivity contribution in [1.29, 1.82) is 0 Å². The molecule has 1 aliphatic carbocycles. The fourth-order valence-corrected chi connectivity index (χ4v) is 2.17. The molecule has 1 heterocycles. The van der Waals surface area contributed by atoms with Gasteiger partial charge in [0.25, 0.3) is 0 Å². The van der Waals surface area contributed by atoms with Crippen molar-refractivity contribution in [2.75, 3.05) is 26.2 Å². The summed E-state index contributed by atoms with van der Waals surface area (Å²) >= 11 is 0. The average molecular weight is 207 g/mol. The number of hydrogen-bond acceptors (Lipinski definition) is 2. The largest absolute Gasteiger partial charge is 0.493 e. The van der Waals surface area contributed by atoms with Gasteiger partial charge in [0.2, 0.25) is 0 Å². The summed E-state index contributed by atoms with van der Waals surface area (Å²) in [5, 5.41) is 0. The first-order chi connectivity index (χ1) is 7.45. The second-order valence-electron chi connectivity index (χ2n) is 4.34. The molecule has 0 aromatic carbocycles. The molecule has 0 unspecified atom stereocenters. The van der Waals surface area contributed by atoms with E-state index in [1.54, 1.807) is 0 Å². The van der Waals surface area contributed by atoms with E-state index in [0.717, 1.165) is 25.3 Å². The number of nitrogens with zero attached hydrogens (tertiary/aromatic N) is 1. The van der Waals surface area contributed by atoms with Gasteiger partial charge in [-0.1, -0.05) is 12.5 Å². The van der Waals surface area contributed by atoms with E-state index in [4.69, 9.17) is 4.74 Å². The first-order valence-corrected chi connectivity index (χ1v) is 6.17. The molecule has 0 bridgehead atoms. The summed E-state index contributed by atoms with van der Waals surface area (Å²) < 4.78 is 5.72. The summed E-state index contributed by atoms with van der Waals surface area (Å²) in [6.45, 7) is 4.46. The number of piperidine rings is 1. The highest BCUT2D eigenvalue weighted by atomic mass is 16.5. The van der Waals surface area contributed by atoms with Crippen LogP contribution in [0.4, 0.5) is 0 Å². The SMILES string of the molecule is C1=CC(OCCN2CCCCC2)=CCC1. The second kappa shape index (κ2) is 5.96. The highest BCUT2D eigenvalue weighted by Crippen LogP contribution is 2.11. The summed E-state index contributed by atoms with van der Waals surface area (Å²) in [7, 11) is 0. The second-order valence-corrected chi connectivity index (χ2v) is 4.34. The molecule has 0 aromatic heterocycles. The maximum Gasteiger partial charge on any atom is 0.115 e. The molecule has 0 saturated carbocycles. The van der Waals surface area contributed by atoms with Crippen LogP contribution in [-0.2, 0) is 4.74 Å². The predicted octanol–water partition coefficient (Wildman–Crippen LogP) is 2.72. The lowest BCUT2D eigenvalue weighted by Crippen LogP contribution is -2.32. The first-order valence-electron chi connectivity index (χ1n) is 6.17. The molecule has 2 heteroatoms. The number of hydrogen-bond donors (Lipinski definition) is 0. The van der Waals surface area contributed by atoms with Crippen LogP contribution in [0.1, 0.15) is 32.1 Å². The third-order valence-electron chi connectivity index (χ3n) is 3.09. The molecule has 0 aromatic rings. The van der Waals surface area contributed by atoms with Crippen molar-refractivity contribution in [3.8, 4) is 0 Å². The van der Waals surface area contributed by atoms with Gasteiger partial charge < -0.3 is 4.74 Å². The zero-order valence-electron chi connectivity index (χ0n) is 9.45. The zero-order valence-corrected chi connectivity index (χ0v) is 9.45. The van der Waals surface area contributed by atoms with E-state index < -0.39 is 0 Å². The molecule has 2 nitrogen and oxygen atoms in total. The van der Waals surface area contributed by atoms with E-state index in [2.05, 4.69) is 23.1 Å². The smallest absolute Gasteiger partial charge is 0.115 e. The van der Waals surface area contributed by atoms with Crippen LogP contribution in [0.15, 0.2) is 24.0 Å². The van der Waals surface area contributed by atoms with Gasteiger partial charge in [-0.2, -0.15) is 0 Å². The molecule has 1 saturated heterocycles. The van der Waals surface area contributed by atoms with Crippen molar-refractivity contribution < 1.29 is 4.74 Å². The van der Waals surface area contributed by atoms with Crippen LogP contribution < -0.4 is 0 Å². The Morgan fingerprint density at radius 1 is 1.13 bits per heavy atom. The molecule has 0 atom stereocenters. The molecule has 1 fully saturated rings. The predicted molar refractivity (Wildman–Crippen MR) is 62.7 cm³/mol.